The Morgan fingerprint density at radius 3 is 2.67 bits per heavy atom. The van der Waals surface area contributed by atoms with Gasteiger partial charge in [-0.15, -0.1) is 0 Å². The number of carbonyl (C=O) groups excluding carboxylic acids is 1. The van der Waals surface area contributed by atoms with Crippen molar-refractivity contribution in [1.82, 2.24) is 10.2 Å². The molecule has 2 fully saturated rings. The van der Waals surface area contributed by atoms with E-state index < -0.39 is 0 Å². The molecular formula is C16H22ClN3O. The van der Waals surface area contributed by atoms with Crippen molar-refractivity contribution in [1.29, 1.82) is 0 Å². The van der Waals surface area contributed by atoms with Crippen LogP contribution in [0.3, 0.4) is 0 Å². The molecule has 1 aromatic carbocycles. The van der Waals surface area contributed by atoms with Crippen molar-refractivity contribution >= 4 is 23.2 Å². The monoisotopic (exact) mass is 307 g/mol. The molecule has 0 radical (unpaired) electrons. The molecule has 2 aliphatic heterocycles. The van der Waals surface area contributed by atoms with Gasteiger partial charge < -0.3 is 15.1 Å². The topological polar surface area (TPSA) is 35.6 Å². The van der Waals surface area contributed by atoms with Crippen LogP contribution in [0.1, 0.15) is 19.8 Å². The van der Waals surface area contributed by atoms with E-state index >= 15 is 0 Å². The predicted molar refractivity (Wildman–Crippen MR) is 85.9 cm³/mol. The van der Waals surface area contributed by atoms with E-state index in [1.807, 2.05) is 30.0 Å². The fraction of sp³-hybridized carbons (Fsp3) is 0.562. The first-order valence-electron chi connectivity index (χ1n) is 7.63. The number of halogens is 1. The second kappa shape index (κ2) is 5.85. The number of nitrogens with one attached hydrogen (secondary N) is 1. The Balaban J connectivity index is 1.61. The molecule has 1 N–H and O–H groups in total. The maximum absolute atomic E-state index is 12.6. The van der Waals surface area contributed by atoms with Gasteiger partial charge in [0.1, 0.15) is 0 Å². The fourth-order valence-corrected chi connectivity index (χ4v) is 3.45. The Morgan fingerprint density at radius 2 is 2.05 bits per heavy atom. The molecule has 1 aromatic rings. The first-order valence-corrected chi connectivity index (χ1v) is 8.01. The third-order valence-electron chi connectivity index (χ3n) is 4.58. The normalized spacial score (nSPS) is 26.2. The van der Waals surface area contributed by atoms with Crippen LogP contribution in [-0.2, 0) is 4.79 Å². The Bertz CT molecular complexity index is 520. The Labute approximate surface area is 131 Å². The molecule has 21 heavy (non-hydrogen) atoms. The average molecular weight is 308 g/mol. The van der Waals surface area contributed by atoms with Crippen LogP contribution in [0.4, 0.5) is 5.69 Å². The van der Waals surface area contributed by atoms with Crippen LogP contribution < -0.4 is 10.2 Å². The number of amides is 1. The van der Waals surface area contributed by atoms with Crippen molar-refractivity contribution in [3.05, 3.63) is 29.3 Å². The molecule has 1 atom stereocenters. The van der Waals surface area contributed by atoms with E-state index in [0.29, 0.717) is 0 Å². The number of hydrogen-bond donors (Lipinski definition) is 1. The number of rotatable bonds is 2. The maximum atomic E-state index is 12.6. The van der Waals surface area contributed by atoms with E-state index in [1.54, 1.807) is 0 Å². The summed E-state index contributed by atoms with van der Waals surface area (Å²) in [5, 5.41) is 4.12. The average Bonchev–Trinajstić information content (AvgIpc) is 2.95. The molecule has 0 aliphatic carbocycles. The largest absolute Gasteiger partial charge is 0.368 e. The highest BCUT2D eigenvalue weighted by Crippen LogP contribution is 2.24. The van der Waals surface area contributed by atoms with Crippen molar-refractivity contribution in [2.24, 2.45) is 0 Å². The number of benzene rings is 1. The summed E-state index contributed by atoms with van der Waals surface area (Å²) < 4.78 is 0. The molecule has 114 valence electrons. The molecule has 0 bridgehead atoms. The van der Waals surface area contributed by atoms with Gasteiger partial charge in [0.25, 0.3) is 0 Å². The number of anilines is 1. The van der Waals surface area contributed by atoms with Gasteiger partial charge in [-0.25, -0.2) is 0 Å². The van der Waals surface area contributed by atoms with Crippen LogP contribution >= 0.6 is 11.6 Å². The van der Waals surface area contributed by atoms with Gasteiger partial charge in [0.2, 0.25) is 5.91 Å². The van der Waals surface area contributed by atoms with Gasteiger partial charge in [-0.05, 0) is 44.5 Å². The van der Waals surface area contributed by atoms with Gasteiger partial charge in [-0.3, -0.25) is 4.79 Å². The summed E-state index contributed by atoms with van der Waals surface area (Å²) in [4.78, 5) is 16.9. The third kappa shape index (κ3) is 3.01. The van der Waals surface area contributed by atoms with Crippen LogP contribution in [0.15, 0.2) is 24.3 Å². The highest BCUT2D eigenvalue weighted by Gasteiger charge is 2.39. The van der Waals surface area contributed by atoms with E-state index in [9.17, 15) is 4.79 Å². The minimum Gasteiger partial charge on any atom is -0.368 e. The van der Waals surface area contributed by atoms with Gasteiger partial charge in [-0.2, -0.15) is 0 Å². The van der Waals surface area contributed by atoms with Crippen molar-refractivity contribution in [3.8, 4) is 0 Å². The van der Waals surface area contributed by atoms with Crippen molar-refractivity contribution in [3.63, 3.8) is 0 Å². The molecule has 2 aliphatic rings. The predicted octanol–water partition coefficient (Wildman–Crippen LogP) is 2.13. The van der Waals surface area contributed by atoms with Gasteiger partial charge >= 0.3 is 0 Å². The van der Waals surface area contributed by atoms with E-state index in [0.717, 1.165) is 56.3 Å². The zero-order chi connectivity index (χ0) is 14.9. The van der Waals surface area contributed by atoms with Crippen LogP contribution in [0.25, 0.3) is 0 Å². The lowest BCUT2D eigenvalue weighted by Gasteiger charge is -2.39. The lowest BCUT2D eigenvalue weighted by Crippen LogP contribution is -2.58. The number of nitrogens with zero attached hydrogens (tertiary/aromatic N) is 2. The summed E-state index contributed by atoms with van der Waals surface area (Å²) in [6, 6.07) is 7.91. The standard InChI is InChI=1S/C16H22ClN3O/c1-16(6-3-7-18-16)15(21)20-10-8-19(9-11-20)14-5-2-4-13(17)12-14/h2,4-5,12,18H,3,6-11H2,1H3. The quantitative estimate of drug-likeness (QED) is 0.909. The smallest absolute Gasteiger partial charge is 0.242 e. The molecule has 4 nitrogen and oxygen atoms in total. The summed E-state index contributed by atoms with van der Waals surface area (Å²) in [5.41, 5.74) is 0.790. The summed E-state index contributed by atoms with van der Waals surface area (Å²) in [5.74, 6) is 0.255. The third-order valence-corrected chi connectivity index (χ3v) is 4.82. The number of piperazine rings is 1. The second-order valence-corrected chi connectivity index (χ2v) is 6.56. The molecule has 0 spiro atoms. The summed E-state index contributed by atoms with van der Waals surface area (Å²) in [6.07, 6.45) is 2.03. The molecule has 2 saturated heterocycles. The maximum Gasteiger partial charge on any atom is 0.242 e. The summed E-state index contributed by atoms with van der Waals surface area (Å²) in [7, 11) is 0. The highest BCUT2D eigenvalue weighted by atomic mass is 35.5. The van der Waals surface area contributed by atoms with Crippen molar-refractivity contribution < 1.29 is 4.79 Å². The Kier molecular flexibility index (Phi) is 4.09. The SMILES string of the molecule is CC1(C(=O)N2CCN(c3cccc(Cl)c3)CC2)CCCN1. The molecular weight excluding hydrogens is 286 g/mol. The molecule has 0 saturated carbocycles. The minimum atomic E-state index is -0.349. The molecule has 3 rings (SSSR count). The zero-order valence-corrected chi connectivity index (χ0v) is 13.2. The minimum absolute atomic E-state index is 0.255. The van der Waals surface area contributed by atoms with Gasteiger partial charge in [0.05, 0.1) is 5.54 Å². The number of carbonyl (C=O) groups is 1. The highest BCUT2D eigenvalue weighted by molar-refractivity contribution is 6.30. The van der Waals surface area contributed by atoms with E-state index in [1.165, 1.54) is 0 Å². The molecule has 5 heteroatoms. The first-order chi connectivity index (χ1) is 10.1. The number of hydrogen-bond acceptors (Lipinski definition) is 3. The van der Waals surface area contributed by atoms with Crippen LogP contribution in [-0.4, -0.2) is 49.1 Å². The summed E-state index contributed by atoms with van der Waals surface area (Å²) in [6.45, 7) is 6.27. The van der Waals surface area contributed by atoms with Crippen LogP contribution in [0.5, 0.6) is 0 Å². The lowest BCUT2D eigenvalue weighted by atomic mass is 9.98. The second-order valence-electron chi connectivity index (χ2n) is 6.12. The van der Waals surface area contributed by atoms with Gasteiger partial charge in [-0.1, -0.05) is 17.7 Å². The van der Waals surface area contributed by atoms with Crippen molar-refractivity contribution in [2.45, 2.75) is 25.3 Å². The molecule has 2 heterocycles. The Hall–Kier alpha value is -1.26. The molecule has 0 aromatic heterocycles. The summed E-state index contributed by atoms with van der Waals surface area (Å²) >= 11 is 6.05. The van der Waals surface area contributed by atoms with Gasteiger partial charge in [0.15, 0.2) is 0 Å². The van der Waals surface area contributed by atoms with Crippen molar-refractivity contribution in [2.75, 3.05) is 37.6 Å². The van der Waals surface area contributed by atoms with E-state index in [-0.39, 0.29) is 11.4 Å². The molecule has 1 unspecified atom stereocenters. The fourth-order valence-electron chi connectivity index (χ4n) is 3.27. The van der Waals surface area contributed by atoms with Gasteiger partial charge in [0, 0.05) is 36.9 Å². The Morgan fingerprint density at radius 1 is 1.29 bits per heavy atom. The van der Waals surface area contributed by atoms with E-state index in [2.05, 4.69) is 16.3 Å². The lowest BCUT2D eigenvalue weighted by molar-refractivity contribution is -0.137. The van der Waals surface area contributed by atoms with Crippen LogP contribution in [0.2, 0.25) is 5.02 Å². The zero-order valence-electron chi connectivity index (χ0n) is 12.4. The van der Waals surface area contributed by atoms with Crippen LogP contribution in [0, 0.1) is 0 Å². The van der Waals surface area contributed by atoms with E-state index in [4.69, 9.17) is 11.6 Å². The molecule has 1 amide bonds. The first kappa shape index (κ1) is 14.7.